The lowest BCUT2D eigenvalue weighted by Gasteiger charge is -2.19. The van der Waals surface area contributed by atoms with Gasteiger partial charge in [-0.3, -0.25) is 19.3 Å². The smallest absolute Gasteiger partial charge is 0.327 e. The molecule has 20 heavy (non-hydrogen) atoms. The quantitative estimate of drug-likeness (QED) is 0.520. The normalized spacial score (nSPS) is 21.9. The van der Waals surface area contributed by atoms with Gasteiger partial charge in [-0.2, -0.15) is 0 Å². The molecule has 110 valence electrons. The van der Waals surface area contributed by atoms with E-state index in [0.29, 0.717) is 12.8 Å². The van der Waals surface area contributed by atoms with Crippen molar-refractivity contribution in [2.45, 2.75) is 44.2 Å². The molecule has 1 heterocycles. The van der Waals surface area contributed by atoms with Crippen LogP contribution in [0, 0.1) is 0 Å². The molecule has 1 spiro atoms. The lowest BCUT2D eigenvalue weighted by Crippen LogP contribution is -2.44. The summed E-state index contributed by atoms with van der Waals surface area (Å²) in [5.41, 5.74) is 4.11. The summed E-state index contributed by atoms with van der Waals surface area (Å²) in [5, 5.41) is 2.65. The fourth-order valence-electron chi connectivity index (χ4n) is 2.56. The van der Waals surface area contributed by atoms with Gasteiger partial charge in [0.1, 0.15) is 12.1 Å². The molecule has 8 heteroatoms. The highest BCUT2D eigenvalue weighted by atomic mass is 16.5. The molecule has 0 aromatic heterocycles. The van der Waals surface area contributed by atoms with Crippen LogP contribution in [0.15, 0.2) is 0 Å². The number of ether oxygens (including phenoxy) is 1. The number of amides is 4. The van der Waals surface area contributed by atoms with Gasteiger partial charge in [0.2, 0.25) is 0 Å². The monoisotopic (exact) mass is 283 g/mol. The highest BCUT2D eigenvalue weighted by Gasteiger charge is 2.52. The third-order valence-electron chi connectivity index (χ3n) is 3.70. The number of nitrogens with two attached hydrogens (primary N) is 1. The van der Waals surface area contributed by atoms with Crippen molar-refractivity contribution in [3.63, 3.8) is 0 Å². The Bertz CT molecular complexity index is 470. The SMILES string of the molecule is C[C@H](OC(=O)CN1C(=O)NC2(CCCC2)C1=O)C(N)=O. The number of nitrogens with one attached hydrogen (secondary N) is 1. The average molecular weight is 283 g/mol. The van der Waals surface area contributed by atoms with E-state index in [9.17, 15) is 19.2 Å². The molecule has 0 unspecified atom stereocenters. The van der Waals surface area contributed by atoms with E-state index in [0.717, 1.165) is 17.7 Å². The first-order chi connectivity index (χ1) is 9.35. The van der Waals surface area contributed by atoms with Crippen molar-refractivity contribution < 1.29 is 23.9 Å². The molecule has 0 radical (unpaired) electrons. The molecule has 1 saturated heterocycles. The zero-order valence-electron chi connectivity index (χ0n) is 11.2. The highest BCUT2D eigenvalue weighted by molar-refractivity contribution is 6.08. The van der Waals surface area contributed by atoms with Gasteiger partial charge >= 0.3 is 12.0 Å². The van der Waals surface area contributed by atoms with Gasteiger partial charge in [-0.15, -0.1) is 0 Å². The van der Waals surface area contributed by atoms with Crippen molar-refractivity contribution in [2.75, 3.05) is 6.54 Å². The number of carbonyl (C=O) groups is 4. The number of nitrogens with zero attached hydrogens (tertiary/aromatic N) is 1. The summed E-state index contributed by atoms with van der Waals surface area (Å²) in [7, 11) is 0. The van der Waals surface area contributed by atoms with Crippen LogP contribution in [0.4, 0.5) is 4.79 Å². The Labute approximate surface area is 115 Å². The zero-order chi connectivity index (χ0) is 14.9. The summed E-state index contributed by atoms with van der Waals surface area (Å²) in [6, 6.07) is -0.597. The van der Waals surface area contributed by atoms with Gasteiger partial charge in [0, 0.05) is 0 Å². The number of primary amides is 1. The molecule has 1 atom stereocenters. The predicted octanol–water partition coefficient (Wildman–Crippen LogP) is -0.732. The van der Waals surface area contributed by atoms with Gasteiger partial charge in [0.25, 0.3) is 11.8 Å². The van der Waals surface area contributed by atoms with E-state index >= 15 is 0 Å². The molecule has 3 N–H and O–H groups in total. The molecule has 0 aromatic carbocycles. The summed E-state index contributed by atoms with van der Waals surface area (Å²) in [5.74, 6) is -2.03. The van der Waals surface area contributed by atoms with E-state index in [1.165, 1.54) is 6.92 Å². The molecule has 0 bridgehead atoms. The van der Waals surface area contributed by atoms with Gasteiger partial charge in [-0.05, 0) is 19.8 Å². The first-order valence-corrected chi connectivity index (χ1v) is 6.49. The Morgan fingerprint density at radius 3 is 2.55 bits per heavy atom. The molecular weight excluding hydrogens is 266 g/mol. The number of imide groups is 1. The van der Waals surface area contributed by atoms with Crippen molar-refractivity contribution in [3.8, 4) is 0 Å². The predicted molar refractivity (Wildman–Crippen MR) is 66.2 cm³/mol. The first kappa shape index (κ1) is 14.3. The Balaban J connectivity index is 1.99. The summed E-state index contributed by atoms with van der Waals surface area (Å²) in [6.07, 6.45) is 1.80. The van der Waals surface area contributed by atoms with Crippen molar-refractivity contribution in [1.29, 1.82) is 0 Å². The van der Waals surface area contributed by atoms with Gasteiger partial charge in [0.15, 0.2) is 6.10 Å². The average Bonchev–Trinajstić information content (AvgIpc) is 2.91. The fraction of sp³-hybridized carbons (Fsp3) is 0.667. The maximum absolute atomic E-state index is 12.2. The van der Waals surface area contributed by atoms with Gasteiger partial charge in [-0.25, -0.2) is 4.79 Å². The van der Waals surface area contributed by atoms with E-state index in [1.807, 2.05) is 0 Å². The first-order valence-electron chi connectivity index (χ1n) is 6.49. The zero-order valence-corrected chi connectivity index (χ0v) is 11.2. The van der Waals surface area contributed by atoms with Crippen LogP contribution in [0.25, 0.3) is 0 Å². The molecule has 8 nitrogen and oxygen atoms in total. The summed E-state index contributed by atoms with van der Waals surface area (Å²) in [4.78, 5) is 47.3. The molecule has 1 aliphatic heterocycles. The molecular formula is C12H17N3O5. The largest absolute Gasteiger partial charge is 0.451 e. The molecule has 2 aliphatic rings. The minimum Gasteiger partial charge on any atom is -0.451 e. The maximum Gasteiger partial charge on any atom is 0.327 e. The third-order valence-corrected chi connectivity index (χ3v) is 3.70. The van der Waals surface area contributed by atoms with Crippen molar-refractivity contribution in [2.24, 2.45) is 5.73 Å². The summed E-state index contributed by atoms with van der Waals surface area (Å²) in [6.45, 7) is 0.814. The second-order valence-electron chi connectivity index (χ2n) is 5.15. The van der Waals surface area contributed by atoms with E-state index in [1.54, 1.807) is 0 Å². The number of urea groups is 1. The van der Waals surface area contributed by atoms with Crippen LogP contribution in [0.3, 0.4) is 0 Å². The lowest BCUT2D eigenvalue weighted by molar-refractivity contribution is -0.155. The Morgan fingerprint density at radius 2 is 2.00 bits per heavy atom. The van der Waals surface area contributed by atoms with Gasteiger partial charge in [-0.1, -0.05) is 12.8 Å². The highest BCUT2D eigenvalue weighted by Crippen LogP contribution is 2.34. The molecule has 4 amide bonds. The summed E-state index contributed by atoms with van der Waals surface area (Å²) >= 11 is 0. The van der Waals surface area contributed by atoms with Gasteiger partial charge < -0.3 is 15.8 Å². The van der Waals surface area contributed by atoms with Crippen LogP contribution in [0.5, 0.6) is 0 Å². The number of carbonyl (C=O) groups excluding carboxylic acids is 4. The second kappa shape index (κ2) is 5.10. The number of esters is 1. The number of hydrogen-bond acceptors (Lipinski definition) is 5. The minimum absolute atomic E-state index is 0.399. The lowest BCUT2D eigenvalue weighted by atomic mass is 9.98. The van der Waals surface area contributed by atoms with Crippen LogP contribution >= 0.6 is 0 Å². The van der Waals surface area contributed by atoms with E-state index < -0.39 is 42.0 Å². The van der Waals surface area contributed by atoms with E-state index in [-0.39, 0.29) is 0 Å². The molecule has 1 saturated carbocycles. The minimum atomic E-state index is -1.09. The molecule has 2 rings (SSSR count). The summed E-state index contributed by atoms with van der Waals surface area (Å²) < 4.78 is 4.73. The van der Waals surface area contributed by atoms with Gasteiger partial charge in [0.05, 0.1) is 0 Å². The second-order valence-corrected chi connectivity index (χ2v) is 5.15. The topological polar surface area (TPSA) is 119 Å². The molecule has 1 aliphatic carbocycles. The number of hydrogen-bond donors (Lipinski definition) is 2. The molecule has 2 fully saturated rings. The van der Waals surface area contributed by atoms with E-state index in [4.69, 9.17) is 10.5 Å². The van der Waals surface area contributed by atoms with Crippen molar-refractivity contribution in [3.05, 3.63) is 0 Å². The molecule has 0 aromatic rings. The Hall–Kier alpha value is -2.12. The third kappa shape index (κ3) is 2.45. The Morgan fingerprint density at radius 1 is 1.40 bits per heavy atom. The number of rotatable bonds is 4. The fourth-order valence-corrected chi connectivity index (χ4v) is 2.56. The van der Waals surface area contributed by atoms with Crippen LogP contribution in [0.1, 0.15) is 32.6 Å². The van der Waals surface area contributed by atoms with Crippen LogP contribution in [-0.4, -0.2) is 46.9 Å². The van der Waals surface area contributed by atoms with Crippen LogP contribution in [-0.2, 0) is 19.1 Å². The maximum atomic E-state index is 12.2. The Kier molecular flexibility index (Phi) is 3.65. The standard InChI is InChI=1S/C12H17N3O5/c1-7(9(13)17)20-8(16)6-15-10(18)12(14-11(15)19)4-2-3-5-12/h7H,2-6H2,1H3,(H2,13,17)(H,14,19)/t7-/m0/s1. The van der Waals surface area contributed by atoms with E-state index in [2.05, 4.69) is 5.32 Å². The van der Waals surface area contributed by atoms with Crippen molar-refractivity contribution in [1.82, 2.24) is 10.2 Å². The van der Waals surface area contributed by atoms with Crippen LogP contribution < -0.4 is 11.1 Å². The van der Waals surface area contributed by atoms with Crippen LogP contribution in [0.2, 0.25) is 0 Å². The van der Waals surface area contributed by atoms with Crippen molar-refractivity contribution >= 4 is 23.8 Å².